The quantitative estimate of drug-likeness (QED) is 0.430. The van der Waals surface area contributed by atoms with Gasteiger partial charge in [0.25, 0.3) is 0 Å². The summed E-state index contributed by atoms with van der Waals surface area (Å²) < 4.78 is 7.78. The number of carbonyl (C=O) groups is 1. The van der Waals surface area contributed by atoms with E-state index >= 15 is 0 Å². The Labute approximate surface area is 197 Å². The molecule has 170 valence electrons. The minimum atomic E-state index is 0.0158. The van der Waals surface area contributed by atoms with E-state index in [0.717, 1.165) is 54.2 Å². The highest BCUT2D eigenvalue weighted by Crippen LogP contribution is 2.35. The number of carbonyl (C=O) groups excluding carboxylic acids is 1. The molecule has 1 aliphatic rings. The molecule has 0 bridgehead atoms. The van der Waals surface area contributed by atoms with Gasteiger partial charge in [0.1, 0.15) is 17.3 Å². The largest absolute Gasteiger partial charge is 0.496 e. The van der Waals surface area contributed by atoms with Crippen molar-refractivity contribution in [1.82, 2.24) is 19.6 Å². The van der Waals surface area contributed by atoms with E-state index in [-0.39, 0.29) is 11.9 Å². The third-order valence-corrected chi connectivity index (χ3v) is 7.18. The Morgan fingerprint density at radius 1 is 1.18 bits per heavy atom. The van der Waals surface area contributed by atoms with Crippen LogP contribution in [0.1, 0.15) is 29.5 Å². The zero-order valence-corrected chi connectivity index (χ0v) is 19.6. The van der Waals surface area contributed by atoms with Gasteiger partial charge in [-0.1, -0.05) is 24.3 Å². The van der Waals surface area contributed by atoms with Gasteiger partial charge >= 0.3 is 6.03 Å². The van der Waals surface area contributed by atoms with E-state index in [1.54, 1.807) is 18.4 Å². The van der Waals surface area contributed by atoms with Gasteiger partial charge < -0.3 is 19.4 Å². The van der Waals surface area contributed by atoms with Crippen molar-refractivity contribution < 1.29 is 9.53 Å². The molecule has 3 aromatic heterocycles. The molecular formula is C26H28N4O2S. The van der Waals surface area contributed by atoms with Crippen LogP contribution in [0.5, 0.6) is 5.75 Å². The van der Waals surface area contributed by atoms with Gasteiger partial charge in [-0.05, 0) is 55.0 Å². The smallest absolute Gasteiger partial charge is 0.317 e. The molecule has 4 heterocycles. The van der Waals surface area contributed by atoms with Gasteiger partial charge in [0.2, 0.25) is 0 Å². The number of amides is 2. The van der Waals surface area contributed by atoms with Crippen LogP contribution in [0.2, 0.25) is 0 Å². The number of nitrogens with zero attached hydrogens (tertiary/aromatic N) is 3. The maximum absolute atomic E-state index is 12.9. The molecule has 33 heavy (non-hydrogen) atoms. The minimum Gasteiger partial charge on any atom is -0.496 e. The summed E-state index contributed by atoms with van der Waals surface area (Å²) in [6.45, 7) is 2.11. The van der Waals surface area contributed by atoms with Crippen LogP contribution in [-0.2, 0) is 6.42 Å². The number of piperidine rings is 1. The van der Waals surface area contributed by atoms with Crippen LogP contribution < -0.4 is 10.1 Å². The average Bonchev–Trinajstić information content (AvgIpc) is 3.52. The molecule has 1 N–H and O–H groups in total. The number of hydrogen-bond donors (Lipinski definition) is 1. The number of fused-ring (bicyclic) bond motifs is 1. The number of methoxy groups -OCH3 is 1. The van der Waals surface area contributed by atoms with Crippen molar-refractivity contribution in [2.45, 2.75) is 25.2 Å². The number of rotatable bonds is 6. The maximum atomic E-state index is 12.9. The number of ether oxygens (including phenoxy) is 1. The number of pyridine rings is 1. The Balaban J connectivity index is 1.37. The molecule has 2 amide bonds. The van der Waals surface area contributed by atoms with Crippen LogP contribution in [0.4, 0.5) is 4.79 Å². The summed E-state index contributed by atoms with van der Waals surface area (Å²) in [4.78, 5) is 21.2. The van der Waals surface area contributed by atoms with Crippen LogP contribution in [0.15, 0.2) is 66.2 Å². The van der Waals surface area contributed by atoms with Gasteiger partial charge in [0.05, 0.1) is 12.6 Å². The Kier molecular flexibility index (Phi) is 6.30. The molecule has 7 heteroatoms. The lowest BCUT2D eigenvalue weighted by Gasteiger charge is -2.32. The number of thiophene rings is 1. The predicted octanol–water partition coefficient (Wildman–Crippen LogP) is 5.20. The fraction of sp³-hybridized carbons (Fsp3) is 0.308. The molecule has 1 fully saturated rings. The van der Waals surface area contributed by atoms with Crippen LogP contribution in [0.25, 0.3) is 16.8 Å². The Bertz CT molecular complexity index is 1230. The molecule has 4 aromatic rings. The number of likely N-dealkylation sites (tertiary alicyclic amines) is 1. The highest BCUT2D eigenvalue weighted by Gasteiger charge is 2.29. The van der Waals surface area contributed by atoms with Gasteiger partial charge in [-0.25, -0.2) is 9.78 Å². The number of urea groups is 1. The Morgan fingerprint density at radius 2 is 2.06 bits per heavy atom. The lowest BCUT2D eigenvalue weighted by Crippen LogP contribution is -2.45. The van der Waals surface area contributed by atoms with Crippen molar-refractivity contribution in [3.05, 3.63) is 76.9 Å². The molecule has 0 radical (unpaired) electrons. The van der Waals surface area contributed by atoms with E-state index < -0.39 is 0 Å². The summed E-state index contributed by atoms with van der Waals surface area (Å²) in [6, 6.07) is 18.3. The van der Waals surface area contributed by atoms with E-state index in [4.69, 9.17) is 9.72 Å². The average molecular weight is 461 g/mol. The highest BCUT2D eigenvalue weighted by molar-refractivity contribution is 7.09. The zero-order valence-electron chi connectivity index (χ0n) is 18.7. The van der Waals surface area contributed by atoms with Gasteiger partial charge in [0.15, 0.2) is 0 Å². The van der Waals surface area contributed by atoms with Crippen LogP contribution in [0, 0.1) is 0 Å². The summed E-state index contributed by atoms with van der Waals surface area (Å²) >= 11 is 1.73. The number of benzene rings is 1. The zero-order chi connectivity index (χ0) is 22.6. The third-order valence-electron chi connectivity index (χ3n) is 6.24. The molecule has 0 spiro atoms. The molecule has 6 nitrogen and oxygen atoms in total. The Hall–Kier alpha value is -3.32. The molecule has 0 aliphatic carbocycles. The van der Waals surface area contributed by atoms with E-state index in [0.29, 0.717) is 13.1 Å². The molecule has 1 unspecified atom stereocenters. The van der Waals surface area contributed by atoms with E-state index in [1.807, 2.05) is 47.4 Å². The first-order valence-electron chi connectivity index (χ1n) is 11.4. The van der Waals surface area contributed by atoms with E-state index in [2.05, 4.69) is 33.4 Å². The first kappa shape index (κ1) is 21.5. The monoisotopic (exact) mass is 460 g/mol. The molecule has 1 aliphatic heterocycles. The van der Waals surface area contributed by atoms with Gasteiger partial charge in [-0.3, -0.25) is 0 Å². The summed E-state index contributed by atoms with van der Waals surface area (Å²) in [5.74, 6) is 1.99. The standard InChI is InChI=1S/C26H28N4O2S/c1-32-23-12-3-2-10-21(23)24-22-11-4-5-16-30(22)25(28-24)19-8-6-15-29(18-19)26(31)27-14-13-20-9-7-17-33-20/h2-5,7,9-12,16-17,19H,6,8,13-15,18H2,1H3,(H,27,31). The number of hydrogen-bond acceptors (Lipinski definition) is 4. The number of aromatic nitrogens is 2. The maximum Gasteiger partial charge on any atom is 0.317 e. The molecule has 5 rings (SSSR count). The minimum absolute atomic E-state index is 0.0158. The normalized spacial score (nSPS) is 16.2. The van der Waals surface area contributed by atoms with Crippen molar-refractivity contribution in [1.29, 1.82) is 0 Å². The van der Waals surface area contributed by atoms with Crippen molar-refractivity contribution >= 4 is 22.9 Å². The summed E-state index contributed by atoms with van der Waals surface area (Å²) in [7, 11) is 1.69. The number of imidazole rings is 1. The van der Waals surface area contributed by atoms with Gasteiger partial charge in [0, 0.05) is 42.2 Å². The SMILES string of the molecule is COc1ccccc1-c1nc(C2CCCN(C(=O)NCCc3cccs3)C2)n2ccccc12. The van der Waals surface area contributed by atoms with Crippen LogP contribution in [0.3, 0.4) is 0 Å². The fourth-order valence-electron chi connectivity index (χ4n) is 4.62. The molecule has 1 saturated heterocycles. The van der Waals surface area contributed by atoms with Gasteiger partial charge in [-0.2, -0.15) is 0 Å². The van der Waals surface area contributed by atoms with Crippen LogP contribution in [-0.4, -0.2) is 47.1 Å². The first-order chi connectivity index (χ1) is 16.2. The van der Waals surface area contributed by atoms with Gasteiger partial charge in [-0.15, -0.1) is 11.3 Å². The van der Waals surface area contributed by atoms with Crippen molar-refractivity contribution in [2.24, 2.45) is 0 Å². The second-order valence-electron chi connectivity index (χ2n) is 8.32. The first-order valence-corrected chi connectivity index (χ1v) is 12.3. The second kappa shape index (κ2) is 9.67. The van der Waals surface area contributed by atoms with Crippen molar-refractivity contribution in [3.63, 3.8) is 0 Å². The summed E-state index contributed by atoms with van der Waals surface area (Å²) in [5.41, 5.74) is 2.95. The van der Waals surface area contributed by atoms with Crippen molar-refractivity contribution in [3.8, 4) is 17.0 Å². The summed E-state index contributed by atoms with van der Waals surface area (Å²) in [5, 5.41) is 5.17. The molecule has 1 aromatic carbocycles. The highest BCUT2D eigenvalue weighted by atomic mass is 32.1. The number of nitrogens with one attached hydrogen (secondary N) is 1. The lowest BCUT2D eigenvalue weighted by atomic mass is 9.97. The molecule has 1 atom stereocenters. The lowest BCUT2D eigenvalue weighted by molar-refractivity contribution is 0.178. The Morgan fingerprint density at radius 3 is 2.91 bits per heavy atom. The van der Waals surface area contributed by atoms with Crippen molar-refractivity contribution in [2.75, 3.05) is 26.7 Å². The second-order valence-corrected chi connectivity index (χ2v) is 9.35. The van der Waals surface area contributed by atoms with E-state index in [9.17, 15) is 4.79 Å². The number of para-hydroxylation sites is 1. The molecular weight excluding hydrogens is 432 g/mol. The topological polar surface area (TPSA) is 58.9 Å². The fourth-order valence-corrected chi connectivity index (χ4v) is 5.33. The summed E-state index contributed by atoms with van der Waals surface area (Å²) in [6.07, 6.45) is 4.91. The third kappa shape index (κ3) is 4.46. The van der Waals surface area contributed by atoms with E-state index in [1.165, 1.54) is 4.88 Å². The predicted molar refractivity (Wildman–Crippen MR) is 132 cm³/mol. The molecule has 0 saturated carbocycles. The van der Waals surface area contributed by atoms with Crippen LogP contribution >= 0.6 is 11.3 Å².